The lowest BCUT2D eigenvalue weighted by Crippen LogP contribution is -2.30. The summed E-state index contributed by atoms with van der Waals surface area (Å²) < 4.78 is 5.59. The normalized spacial score (nSPS) is 18.1. The Hall–Kier alpha value is -4.13. The zero-order valence-corrected chi connectivity index (χ0v) is 17.8. The maximum Gasteiger partial charge on any atom is 0.302 e. The fourth-order valence-electron chi connectivity index (χ4n) is 4.04. The maximum atomic E-state index is 13.2. The Balaban J connectivity index is 1.71. The Morgan fingerprint density at radius 1 is 1.06 bits per heavy atom. The van der Waals surface area contributed by atoms with Gasteiger partial charge in [0.15, 0.2) is 0 Å². The Labute approximate surface area is 184 Å². The number of ketones is 1. The minimum absolute atomic E-state index is 0.0372. The van der Waals surface area contributed by atoms with Crippen LogP contribution in [0.5, 0.6) is 0 Å². The predicted octanol–water partition coefficient (Wildman–Crippen LogP) is 4.71. The van der Waals surface area contributed by atoms with E-state index in [9.17, 15) is 14.7 Å². The van der Waals surface area contributed by atoms with E-state index in [1.807, 2.05) is 45.0 Å². The average Bonchev–Trinajstić information content (AvgIpc) is 3.48. The number of fused-ring (bicyclic) bond motifs is 1. The highest BCUT2D eigenvalue weighted by atomic mass is 16.3. The van der Waals surface area contributed by atoms with Crippen molar-refractivity contribution in [2.24, 2.45) is 0 Å². The van der Waals surface area contributed by atoms with Crippen LogP contribution in [0.15, 0.2) is 64.8 Å². The molecule has 7 nitrogen and oxygen atoms in total. The molecule has 0 aliphatic carbocycles. The second-order valence-corrected chi connectivity index (χ2v) is 8.06. The van der Waals surface area contributed by atoms with Crippen molar-refractivity contribution in [1.82, 2.24) is 9.97 Å². The third-order valence-electron chi connectivity index (χ3n) is 5.89. The van der Waals surface area contributed by atoms with Crippen LogP contribution in [-0.4, -0.2) is 26.8 Å². The number of hydrogen-bond acceptors (Lipinski definition) is 5. The van der Waals surface area contributed by atoms with Crippen molar-refractivity contribution in [1.29, 1.82) is 0 Å². The van der Waals surface area contributed by atoms with Gasteiger partial charge in [-0.1, -0.05) is 18.2 Å². The highest BCUT2D eigenvalue weighted by Gasteiger charge is 2.49. The molecule has 1 aliphatic heterocycles. The van der Waals surface area contributed by atoms with E-state index in [4.69, 9.17) is 4.42 Å². The lowest BCUT2D eigenvalue weighted by molar-refractivity contribution is -0.132. The van der Waals surface area contributed by atoms with Crippen molar-refractivity contribution in [3.05, 3.63) is 88.4 Å². The third kappa shape index (κ3) is 3.01. The largest absolute Gasteiger partial charge is 0.507 e. The van der Waals surface area contributed by atoms with Gasteiger partial charge in [-0.2, -0.15) is 0 Å². The fourth-order valence-corrected chi connectivity index (χ4v) is 4.04. The molecule has 0 radical (unpaired) electrons. The van der Waals surface area contributed by atoms with Crippen LogP contribution in [-0.2, 0) is 9.59 Å². The van der Waals surface area contributed by atoms with Gasteiger partial charge in [0, 0.05) is 5.56 Å². The number of carbonyl (C=O) groups excluding carboxylic acids is 2. The van der Waals surface area contributed by atoms with Crippen molar-refractivity contribution in [3.63, 3.8) is 0 Å². The quantitative estimate of drug-likeness (QED) is 0.280. The number of aliphatic hydroxyl groups is 1. The molecular formula is C25H21N3O4. The van der Waals surface area contributed by atoms with Gasteiger partial charge in [0.2, 0.25) is 5.95 Å². The van der Waals surface area contributed by atoms with E-state index in [2.05, 4.69) is 9.97 Å². The number of carbonyl (C=O) groups is 2. The average molecular weight is 427 g/mol. The molecule has 2 aromatic carbocycles. The lowest BCUT2D eigenvalue weighted by atomic mass is 9.97. The predicted molar refractivity (Wildman–Crippen MR) is 120 cm³/mol. The number of aromatic nitrogens is 2. The standard InChI is InChI=1S/C25H21N3O4/c1-13-6-9-17-18(11-13)27-25(26-17)28-21(19-5-4-10-32-19)20(23(30)24(28)31)22(29)16-8-7-14(2)15(3)12-16/h4-12,21,29H,1-3H3,(H,26,27)/b22-20+. The van der Waals surface area contributed by atoms with Gasteiger partial charge in [-0.05, 0) is 67.8 Å². The Morgan fingerprint density at radius 2 is 1.88 bits per heavy atom. The Bertz CT molecular complexity index is 1410. The second-order valence-electron chi connectivity index (χ2n) is 8.06. The molecule has 1 unspecified atom stereocenters. The summed E-state index contributed by atoms with van der Waals surface area (Å²) in [6.45, 7) is 5.84. The number of amides is 1. The van der Waals surface area contributed by atoms with Gasteiger partial charge in [0.1, 0.15) is 17.6 Å². The monoisotopic (exact) mass is 427 g/mol. The Morgan fingerprint density at radius 3 is 2.59 bits per heavy atom. The SMILES string of the molecule is Cc1ccc2nc(N3C(=O)C(=O)/C(=C(/O)c4ccc(C)c(C)c4)C3c3ccco3)[nH]c2c1. The molecule has 4 aromatic rings. The first kappa shape index (κ1) is 19.8. The molecule has 2 N–H and O–H groups in total. The highest BCUT2D eigenvalue weighted by Crippen LogP contribution is 2.42. The molecule has 0 saturated carbocycles. The zero-order chi connectivity index (χ0) is 22.6. The summed E-state index contributed by atoms with van der Waals surface area (Å²) in [5, 5.41) is 11.1. The van der Waals surface area contributed by atoms with Gasteiger partial charge in [0.05, 0.1) is 22.9 Å². The summed E-state index contributed by atoms with van der Waals surface area (Å²) in [6, 6.07) is 13.5. The van der Waals surface area contributed by atoms with Gasteiger partial charge < -0.3 is 14.5 Å². The summed E-state index contributed by atoms with van der Waals surface area (Å²) in [7, 11) is 0. The van der Waals surface area contributed by atoms with Crippen LogP contribution in [0.4, 0.5) is 5.95 Å². The molecule has 2 aromatic heterocycles. The number of nitrogens with one attached hydrogen (secondary N) is 1. The number of benzene rings is 2. The van der Waals surface area contributed by atoms with Crippen molar-refractivity contribution in [3.8, 4) is 0 Å². The van der Waals surface area contributed by atoms with Gasteiger partial charge in [0.25, 0.3) is 5.78 Å². The number of H-pyrrole nitrogens is 1. The molecule has 5 rings (SSSR count). The van der Waals surface area contributed by atoms with Crippen LogP contribution in [0.25, 0.3) is 16.8 Å². The minimum atomic E-state index is -0.951. The van der Waals surface area contributed by atoms with E-state index >= 15 is 0 Å². The molecule has 160 valence electrons. The first-order chi connectivity index (χ1) is 15.3. The number of aliphatic hydroxyl groups excluding tert-OH is 1. The zero-order valence-electron chi connectivity index (χ0n) is 17.8. The van der Waals surface area contributed by atoms with E-state index in [1.54, 1.807) is 24.3 Å². The summed E-state index contributed by atoms with van der Waals surface area (Å²) in [6.07, 6.45) is 1.47. The summed E-state index contributed by atoms with van der Waals surface area (Å²) in [5.41, 5.74) is 4.89. The van der Waals surface area contributed by atoms with E-state index < -0.39 is 17.7 Å². The first-order valence-corrected chi connectivity index (χ1v) is 10.2. The summed E-state index contributed by atoms with van der Waals surface area (Å²) in [5.74, 6) is -1.26. The number of anilines is 1. The lowest BCUT2D eigenvalue weighted by Gasteiger charge is -2.20. The van der Waals surface area contributed by atoms with Gasteiger partial charge in [-0.3, -0.25) is 14.5 Å². The van der Waals surface area contributed by atoms with E-state index in [0.29, 0.717) is 16.8 Å². The molecule has 7 heteroatoms. The molecule has 1 aliphatic rings. The van der Waals surface area contributed by atoms with Crippen molar-refractivity contribution < 1.29 is 19.1 Å². The van der Waals surface area contributed by atoms with Crippen LogP contribution < -0.4 is 4.90 Å². The second kappa shape index (κ2) is 7.23. The Kier molecular flexibility index (Phi) is 4.48. The van der Waals surface area contributed by atoms with Gasteiger partial charge >= 0.3 is 5.91 Å². The fraction of sp³-hybridized carbons (Fsp3) is 0.160. The molecule has 1 amide bonds. The van der Waals surface area contributed by atoms with Crippen LogP contribution >= 0.6 is 0 Å². The van der Waals surface area contributed by atoms with Crippen LogP contribution in [0.3, 0.4) is 0 Å². The number of aromatic amines is 1. The number of rotatable bonds is 3. The molecule has 0 bridgehead atoms. The smallest absolute Gasteiger partial charge is 0.302 e. The third-order valence-corrected chi connectivity index (χ3v) is 5.89. The number of aryl methyl sites for hydroxylation is 3. The molecule has 1 fully saturated rings. The van der Waals surface area contributed by atoms with Crippen LogP contribution in [0, 0.1) is 20.8 Å². The van der Waals surface area contributed by atoms with Gasteiger partial charge in [-0.15, -0.1) is 0 Å². The number of Topliss-reactive ketones (excluding diaryl/α,β-unsaturated/α-hetero) is 1. The highest BCUT2D eigenvalue weighted by molar-refractivity contribution is 6.51. The minimum Gasteiger partial charge on any atom is -0.507 e. The molecule has 1 saturated heterocycles. The summed E-state index contributed by atoms with van der Waals surface area (Å²) >= 11 is 0. The molecule has 0 spiro atoms. The maximum absolute atomic E-state index is 13.2. The van der Waals surface area contributed by atoms with E-state index in [0.717, 1.165) is 22.2 Å². The van der Waals surface area contributed by atoms with Crippen molar-refractivity contribution in [2.75, 3.05) is 4.90 Å². The number of nitrogens with zero attached hydrogens (tertiary/aromatic N) is 2. The first-order valence-electron chi connectivity index (χ1n) is 10.2. The molecular weight excluding hydrogens is 406 g/mol. The number of imidazole rings is 1. The van der Waals surface area contributed by atoms with Crippen molar-refractivity contribution >= 4 is 34.4 Å². The van der Waals surface area contributed by atoms with E-state index in [-0.39, 0.29) is 17.3 Å². The van der Waals surface area contributed by atoms with Gasteiger partial charge in [-0.25, -0.2) is 4.98 Å². The van der Waals surface area contributed by atoms with Crippen molar-refractivity contribution in [2.45, 2.75) is 26.8 Å². The topological polar surface area (TPSA) is 99.4 Å². The number of hydrogen-bond donors (Lipinski definition) is 2. The van der Waals surface area contributed by atoms with E-state index in [1.165, 1.54) is 11.2 Å². The summed E-state index contributed by atoms with van der Waals surface area (Å²) in [4.78, 5) is 35.2. The molecule has 32 heavy (non-hydrogen) atoms. The molecule has 1 atom stereocenters. The van der Waals surface area contributed by atoms with Crippen LogP contribution in [0.2, 0.25) is 0 Å². The molecule has 3 heterocycles. The number of furan rings is 1. The van der Waals surface area contributed by atoms with Crippen LogP contribution in [0.1, 0.15) is 34.1 Å².